The molecule has 0 saturated carbocycles. The molecule has 2 rings (SSSR count). The summed E-state index contributed by atoms with van der Waals surface area (Å²) in [6.45, 7) is 6.68. The molecule has 0 spiro atoms. The van der Waals surface area contributed by atoms with Crippen LogP contribution < -0.4 is 5.32 Å². The van der Waals surface area contributed by atoms with Crippen molar-refractivity contribution < 1.29 is 24.0 Å². The molecule has 1 N–H and O–H groups in total. The van der Waals surface area contributed by atoms with Crippen molar-refractivity contribution in [2.24, 2.45) is 0 Å². The number of hydrogen-bond donors (Lipinski definition) is 1. The fourth-order valence-corrected chi connectivity index (χ4v) is 2.73. The molecule has 0 aromatic carbocycles. The fourth-order valence-electron chi connectivity index (χ4n) is 2.73. The lowest BCUT2D eigenvalue weighted by atomic mass is 10.0. The Labute approximate surface area is 155 Å². The maximum absolute atomic E-state index is 12.6. The summed E-state index contributed by atoms with van der Waals surface area (Å²) in [6, 6.07) is -0.878. The number of nitrogens with zero attached hydrogens (tertiary/aromatic N) is 4. The Hall–Kier alpha value is -2.98. The minimum absolute atomic E-state index is 0.0405. The SMILES string of the molecule is Cc1ncc([N+](=O)[O-])n1CCN1C(=O)CC[C@H](NC(=O)OC(C)(C)C)C1=O. The van der Waals surface area contributed by atoms with E-state index in [-0.39, 0.29) is 37.7 Å². The molecule has 11 nitrogen and oxygen atoms in total. The average Bonchev–Trinajstić information content (AvgIpc) is 2.89. The number of nitro groups is 1. The van der Waals surface area contributed by atoms with Crippen molar-refractivity contribution in [3.05, 3.63) is 22.1 Å². The molecule has 2 heterocycles. The summed E-state index contributed by atoms with van der Waals surface area (Å²) in [5.74, 6) is -0.755. The van der Waals surface area contributed by atoms with E-state index in [9.17, 15) is 24.5 Å². The van der Waals surface area contributed by atoms with Gasteiger partial charge in [0.1, 0.15) is 24.4 Å². The highest BCUT2D eigenvalue weighted by Crippen LogP contribution is 2.17. The Balaban J connectivity index is 2.05. The number of hydrogen-bond acceptors (Lipinski definition) is 7. The number of likely N-dealkylation sites (tertiary alicyclic amines) is 1. The van der Waals surface area contributed by atoms with Gasteiger partial charge in [-0.25, -0.2) is 14.3 Å². The first kappa shape index (κ1) is 20.3. The van der Waals surface area contributed by atoms with E-state index in [1.165, 1.54) is 4.57 Å². The number of nitrogens with one attached hydrogen (secondary N) is 1. The Kier molecular flexibility index (Phi) is 5.82. The Morgan fingerprint density at radius 3 is 2.67 bits per heavy atom. The van der Waals surface area contributed by atoms with Crippen molar-refractivity contribution in [2.45, 2.75) is 58.7 Å². The summed E-state index contributed by atoms with van der Waals surface area (Å²) >= 11 is 0. The van der Waals surface area contributed by atoms with Gasteiger partial charge in [-0.2, -0.15) is 0 Å². The first-order valence-electron chi connectivity index (χ1n) is 8.50. The molecule has 1 atom stereocenters. The zero-order valence-electron chi connectivity index (χ0n) is 15.7. The van der Waals surface area contributed by atoms with Gasteiger partial charge in [-0.05, 0) is 32.1 Å². The summed E-state index contributed by atoms with van der Waals surface area (Å²) in [7, 11) is 0. The molecule has 0 radical (unpaired) electrons. The number of rotatable bonds is 5. The van der Waals surface area contributed by atoms with Crippen LogP contribution in [0.2, 0.25) is 0 Å². The summed E-state index contributed by atoms with van der Waals surface area (Å²) in [6.07, 6.45) is 0.646. The quantitative estimate of drug-likeness (QED) is 0.459. The summed E-state index contributed by atoms with van der Waals surface area (Å²) in [5.41, 5.74) is -0.713. The molecule has 1 aromatic rings. The number of carbonyl (C=O) groups is 3. The fraction of sp³-hybridized carbons (Fsp3) is 0.625. The monoisotopic (exact) mass is 381 g/mol. The Morgan fingerprint density at radius 2 is 2.07 bits per heavy atom. The topological polar surface area (TPSA) is 137 Å². The molecule has 1 aromatic heterocycles. The number of alkyl carbamates (subject to hydrolysis) is 1. The van der Waals surface area contributed by atoms with E-state index in [4.69, 9.17) is 4.74 Å². The van der Waals surface area contributed by atoms with Crippen LogP contribution in [0, 0.1) is 17.0 Å². The molecule has 3 amide bonds. The van der Waals surface area contributed by atoms with Crippen molar-refractivity contribution in [3.8, 4) is 0 Å². The minimum Gasteiger partial charge on any atom is -0.444 e. The zero-order valence-corrected chi connectivity index (χ0v) is 15.7. The highest BCUT2D eigenvalue weighted by Gasteiger charge is 2.36. The predicted molar refractivity (Wildman–Crippen MR) is 92.7 cm³/mol. The van der Waals surface area contributed by atoms with Crippen LogP contribution in [0.1, 0.15) is 39.4 Å². The maximum atomic E-state index is 12.6. The molecular formula is C16H23N5O6. The van der Waals surface area contributed by atoms with E-state index in [2.05, 4.69) is 10.3 Å². The van der Waals surface area contributed by atoms with Crippen LogP contribution in [0.3, 0.4) is 0 Å². The highest BCUT2D eigenvalue weighted by atomic mass is 16.6. The largest absolute Gasteiger partial charge is 0.444 e. The summed E-state index contributed by atoms with van der Waals surface area (Å²) in [5, 5.41) is 13.5. The van der Waals surface area contributed by atoms with Gasteiger partial charge in [0.05, 0.1) is 6.54 Å². The van der Waals surface area contributed by atoms with Gasteiger partial charge in [0.15, 0.2) is 5.82 Å². The molecule has 148 valence electrons. The van der Waals surface area contributed by atoms with Crippen molar-refractivity contribution in [1.82, 2.24) is 19.8 Å². The highest BCUT2D eigenvalue weighted by molar-refractivity contribution is 6.01. The van der Waals surface area contributed by atoms with Gasteiger partial charge in [-0.3, -0.25) is 14.5 Å². The zero-order chi connectivity index (χ0) is 20.4. The number of amides is 3. The Bertz CT molecular complexity index is 766. The van der Waals surface area contributed by atoms with E-state index < -0.39 is 28.6 Å². The van der Waals surface area contributed by atoms with Gasteiger partial charge < -0.3 is 20.2 Å². The molecule has 1 saturated heterocycles. The predicted octanol–water partition coefficient (Wildman–Crippen LogP) is 1.14. The van der Waals surface area contributed by atoms with E-state index in [0.29, 0.717) is 5.82 Å². The van der Waals surface area contributed by atoms with E-state index in [1.54, 1.807) is 27.7 Å². The van der Waals surface area contributed by atoms with Crippen LogP contribution >= 0.6 is 0 Å². The second-order valence-corrected chi connectivity index (χ2v) is 7.19. The smallest absolute Gasteiger partial charge is 0.408 e. The standard InChI is InChI=1S/C16H23N5O6/c1-10-17-9-12(21(25)26)19(10)7-8-20-13(22)6-5-11(14(20)23)18-15(24)27-16(2,3)4/h9,11H,5-8H2,1-4H3,(H,18,24)/t11-/m0/s1. The molecule has 27 heavy (non-hydrogen) atoms. The lowest BCUT2D eigenvalue weighted by Crippen LogP contribution is -2.55. The maximum Gasteiger partial charge on any atom is 0.408 e. The summed E-state index contributed by atoms with van der Waals surface area (Å²) < 4.78 is 6.46. The van der Waals surface area contributed by atoms with E-state index >= 15 is 0 Å². The van der Waals surface area contributed by atoms with Crippen LogP contribution in [-0.4, -0.2) is 55.5 Å². The number of imidazole rings is 1. The molecule has 0 aliphatic carbocycles. The average molecular weight is 381 g/mol. The second kappa shape index (κ2) is 7.72. The van der Waals surface area contributed by atoms with Crippen LogP contribution in [0.25, 0.3) is 0 Å². The van der Waals surface area contributed by atoms with Crippen LogP contribution in [-0.2, 0) is 20.9 Å². The van der Waals surface area contributed by atoms with E-state index in [0.717, 1.165) is 11.1 Å². The van der Waals surface area contributed by atoms with Crippen molar-refractivity contribution >= 4 is 23.7 Å². The number of aryl methyl sites for hydroxylation is 1. The molecular weight excluding hydrogens is 358 g/mol. The van der Waals surface area contributed by atoms with E-state index in [1.807, 2.05) is 0 Å². The third-order valence-corrected chi connectivity index (χ3v) is 3.97. The molecule has 0 unspecified atom stereocenters. The minimum atomic E-state index is -0.878. The van der Waals surface area contributed by atoms with Crippen LogP contribution in [0.5, 0.6) is 0 Å². The number of imide groups is 1. The lowest BCUT2D eigenvalue weighted by molar-refractivity contribution is -0.392. The van der Waals surface area contributed by atoms with Gasteiger partial charge >= 0.3 is 11.9 Å². The number of piperidine rings is 1. The third-order valence-electron chi connectivity index (χ3n) is 3.97. The number of ether oxygens (including phenoxy) is 1. The molecule has 0 bridgehead atoms. The van der Waals surface area contributed by atoms with Crippen molar-refractivity contribution in [2.75, 3.05) is 6.54 Å². The van der Waals surface area contributed by atoms with Gasteiger partial charge in [0, 0.05) is 13.3 Å². The number of aromatic nitrogens is 2. The van der Waals surface area contributed by atoms with Crippen molar-refractivity contribution in [3.63, 3.8) is 0 Å². The Morgan fingerprint density at radius 1 is 1.41 bits per heavy atom. The van der Waals surface area contributed by atoms with Crippen LogP contribution in [0.15, 0.2) is 6.20 Å². The van der Waals surface area contributed by atoms with Gasteiger partial charge in [-0.1, -0.05) is 0 Å². The lowest BCUT2D eigenvalue weighted by Gasteiger charge is -2.31. The van der Waals surface area contributed by atoms with Crippen LogP contribution in [0.4, 0.5) is 10.6 Å². The third kappa shape index (κ3) is 5.02. The molecule has 1 aliphatic rings. The first-order valence-corrected chi connectivity index (χ1v) is 8.50. The summed E-state index contributed by atoms with van der Waals surface area (Å²) in [4.78, 5) is 52.0. The van der Waals surface area contributed by atoms with Gasteiger partial charge in [0.2, 0.25) is 5.91 Å². The molecule has 11 heteroatoms. The first-order chi connectivity index (χ1) is 12.5. The van der Waals surface area contributed by atoms with Crippen molar-refractivity contribution in [1.29, 1.82) is 0 Å². The normalized spacial score (nSPS) is 17.8. The second-order valence-electron chi connectivity index (χ2n) is 7.19. The van der Waals surface area contributed by atoms with Gasteiger partial charge in [0.25, 0.3) is 5.91 Å². The molecule has 1 fully saturated rings. The van der Waals surface area contributed by atoms with Gasteiger partial charge in [-0.15, -0.1) is 0 Å². The number of carbonyl (C=O) groups excluding carboxylic acids is 3. The molecule has 1 aliphatic heterocycles.